The zero-order valence-corrected chi connectivity index (χ0v) is 10.0. The highest BCUT2D eigenvalue weighted by Gasteiger charge is 2.02. The second-order valence-electron chi connectivity index (χ2n) is 3.85. The van der Waals surface area contributed by atoms with Gasteiger partial charge in [0.2, 0.25) is 5.91 Å². The van der Waals surface area contributed by atoms with Gasteiger partial charge in [-0.15, -0.1) is 0 Å². The lowest BCUT2D eigenvalue weighted by Crippen LogP contribution is -2.12. The van der Waals surface area contributed by atoms with Crippen LogP contribution in [0, 0.1) is 0 Å². The number of Topliss-reactive ketones (excluding diaryl/α,β-unsaturated/α-hetero) is 1. The van der Waals surface area contributed by atoms with Gasteiger partial charge in [-0.1, -0.05) is 6.92 Å². The fraction of sp³-hybridized carbons (Fsp3) is 0.385. The highest BCUT2D eigenvalue weighted by atomic mass is 16.1. The van der Waals surface area contributed by atoms with Crippen LogP contribution in [-0.4, -0.2) is 18.2 Å². The molecule has 0 aromatic heterocycles. The number of hydrogen-bond donors (Lipinski definition) is 2. The van der Waals surface area contributed by atoms with Gasteiger partial charge in [-0.2, -0.15) is 0 Å². The molecule has 1 rings (SSSR count). The second kappa shape index (κ2) is 6.68. The minimum absolute atomic E-state index is 0.144. The molecule has 4 heteroatoms. The van der Waals surface area contributed by atoms with Gasteiger partial charge in [0, 0.05) is 30.6 Å². The summed E-state index contributed by atoms with van der Waals surface area (Å²) in [4.78, 5) is 21.9. The van der Waals surface area contributed by atoms with Crippen molar-refractivity contribution in [1.29, 1.82) is 0 Å². The largest absolute Gasteiger partial charge is 0.385 e. The summed E-state index contributed by atoms with van der Waals surface area (Å²) >= 11 is 0. The molecule has 17 heavy (non-hydrogen) atoms. The Morgan fingerprint density at radius 1 is 1.24 bits per heavy atom. The number of nitrogens with two attached hydrogens (primary N) is 1. The third kappa shape index (κ3) is 4.68. The molecular formula is C13H18N2O2. The van der Waals surface area contributed by atoms with Gasteiger partial charge in [0.15, 0.2) is 5.78 Å². The van der Waals surface area contributed by atoms with Gasteiger partial charge in [-0.25, -0.2) is 0 Å². The van der Waals surface area contributed by atoms with E-state index in [-0.39, 0.29) is 11.7 Å². The number of nitrogens with one attached hydrogen (secondary N) is 1. The van der Waals surface area contributed by atoms with E-state index in [9.17, 15) is 9.59 Å². The average Bonchev–Trinajstić information content (AvgIpc) is 2.34. The van der Waals surface area contributed by atoms with Crippen molar-refractivity contribution < 1.29 is 9.59 Å². The van der Waals surface area contributed by atoms with Gasteiger partial charge >= 0.3 is 0 Å². The van der Waals surface area contributed by atoms with Crippen molar-refractivity contribution in [1.82, 2.24) is 0 Å². The number of benzene rings is 1. The number of ketones is 1. The first-order valence-corrected chi connectivity index (χ1v) is 5.79. The Morgan fingerprint density at radius 2 is 1.88 bits per heavy atom. The maximum atomic E-state index is 11.4. The van der Waals surface area contributed by atoms with Crippen LogP contribution in [0.2, 0.25) is 0 Å². The summed E-state index contributed by atoms with van der Waals surface area (Å²) in [6.45, 7) is 2.54. The summed E-state index contributed by atoms with van der Waals surface area (Å²) < 4.78 is 0. The highest BCUT2D eigenvalue weighted by molar-refractivity contribution is 5.96. The van der Waals surface area contributed by atoms with E-state index in [1.165, 1.54) is 0 Å². The Balaban J connectivity index is 2.40. The van der Waals surface area contributed by atoms with E-state index in [1.807, 2.05) is 31.2 Å². The lowest BCUT2D eigenvalue weighted by molar-refractivity contribution is -0.118. The van der Waals surface area contributed by atoms with Crippen LogP contribution in [0.15, 0.2) is 24.3 Å². The summed E-state index contributed by atoms with van der Waals surface area (Å²) in [5.41, 5.74) is 6.71. The molecule has 0 heterocycles. The van der Waals surface area contributed by atoms with Crippen LogP contribution in [-0.2, 0) is 4.79 Å². The van der Waals surface area contributed by atoms with Crippen molar-refractivity contribution >= 4 is 17.4 Å². The number of carbonyl (C=O) groups is 2. The lowest BCUT2D eigenvalue weighted by Gasteiger charge is -2.06. The smallest absolute Gasteiger partial charge is 0.217 e. The molecule has 0 saturated carbocycles. The minimum Gasteiger partial charge on any atom is -0.385 e. The van der Waals surface area contributed by atoms with Crippen molar-refractivity contribution in [3.8, 4) is 0 Å². The molecule has 0 atom stereocenters. The molecule has 4 nitrogen and oxygen atoms in total. The molecule has 0 fully saturated rings. The number of primary amides is 1. The topological polar surface area (TPSA) is 72.2 Å². The van der Waals surface area contributed by atoms with Crippen LogP contribution in [0.25, 0.3) is 0 Å². The van der Waals surface area contributed by atoms with E-state index in [2.05, 4.69) is 5.32 Å². The summed E-state index contributed by atoms with van der Waals surface area (Å²) in [7, 11) is 0. The molecule has 0 radical (unpaired) electrons. The quantitative estimate of drug-likeness (QED) is 0.559. The van der Waals surface area contributed by atoms with Crippen LogP contribution in [0.5, 0.6) is 0 Å². The van der Waals surface area contributed by atoms with Crippen LogP contribution < -0.4 is 11.1 Å². The zero-order valence-electron chi connectivity index (χ0n) is 10.0. The van der Waals surface area contributed by atoms with Gasteiger partial charge in [0.05, 0.1) is 0 Å². The van der Waals surface area contributed by atoms with Crippen molar-refractivity contribution in [2.45, 2.75) is 26.2 Å². The Kier molecular flexibility index (Phi) is 5.20. The van der Waals surface area contributed by atoms with Crippen LogP contribution in [0.3, 0.4) is 0 Å². The maximum absolute atomic E-state index is 11.4. The molecule has 0 aliphatic rings. The molecule has 1 aromatic rings. The molecule has 1 amide bonds. The van der Waals surface area contributed by atoms with E-state index in [0.717, 1.165) is 11.3 Å². The molecule has 0 saturated heterocycles. The van der Waals surface area contributed by atoms with Crippen molar-refractivity contribution in [2.24, 2.45) is 5.73 Å². The maximum Gasteiger partial charge on any atom is 0.217 e. The first kappa shape index (κ1) is 13.2. The van der Waals surface area contributed by atoms with Crippen molar-refractivity contribution in [3.05, 3.63) is 29.8 Å². The van der Waals surface area contributed by atoms with Gasteiger partial charge in [0.25, 0.3) is 0 Å². The first-order chi connectivity index (χ1) is 8.13. The predicted octanol–water partition coefficient (Wildman–Crippen LogP) is 1.96. The molecular weight excluding hydrogens is 216 g/mol. The third-order valence-electron chi connectivity index (χ3n) is 2.46. The Labute approximate surface area is 101 Å². The second-order valence-corrected chi connectivity index (χ2v) is 3.85. The number of carbonyl (C=O) groups excluding carboxylic acids is 2. The van der Waals surface area contributed by atoms with Crippen LogP contribution in [0.4, 0.5) is 5.69 Å². The fourth-order valence-corrected chi connectivity index (χ4v) is 1.47. The minimum atomic E-state index is -0.282. The highest BCUT2D eigenvalue weighted by Crippen LogP contribution is 2.11. The number of hydrogen-bond acceptors (Lipinski definition) is 3. The predicted molar refractivity (Wildman–Crippen MR) is 68.0 cm³/mol. The molecule has 0 aliphatic heterocycles. The summed E-state index contributed by atoms with van der Waals surface area (Å²) in [6, 6.07) is 7.35. The molecule has 0 unspecified atom stereocenters. The van der Waals surface area contributed by atoms with Crippen LogP contribution >= 0.6 is 0 Å². The SMILES string of the molecule is CCC(=O)c1ccc(NCCCC(N)=O)cc1. The summed E-state index contributed by atoms with van der Waals surface area (Å²) in [5, 5.41) is 3.17. The first-order valence-electron chi connectivity index (χ1n) is 5.79. The van der Waals surface area contributed by atoms with Gasteiger partial charge in [-0.05, 0) is 30.7 Å². The number of rotatable bonds is 7. The Morgan fingerprint density at radius 3 is 2.41 bits per heavy atom. The van der Waals surface area contributed by atoms with Crippen LogP contribution in [0.1, 0.15) is 36.5 Å². The van der Waals surface area contributed by atoms with Crippen molar-refractivity contribution in [2.75, 3.05) is 11.9 Å². The zero-order chi connectivity index (χ0) is 12.7. The summed E-state index contributed by atoms with van der Waals surface area (Å²) in [6.07, 6.45) is 1.62. The van der Waals surface area contributed by atoms with Gasteiger partial charge in [0.1, 0.15) is 0 Å². The van der Waals surface area contributed by atoms with E-state index >= 15 is 0 Å². The number of amides is 1. The normalized spacial score (nSPS) is 9.94. The molecule has 0 spiro atoms. The van der Waals surface area contributed by atoms with E-state index in [1.54, 1.807) is 0 Å². The monoisotopic (exact) mass is 234 g/mol. The average molecular weight is 234 g/mol. The van der Waals surface area contributed by atoms with Gasteiger partial charge < -0.3 is 11.1 Å². The Hall–Kier alpha value is -1.84. The van der Waals surface area contributed by atoms with E-state index in [0.29, 0.717) is 25.8 Å². The van der Waals surface area contributed by atoms with Gasteiger partial charge in [-0.3, -0.25) is 9.59 Å². The standard InChI is InChI=1S/C13H18N2O2/c1-2-12(16)10-5-7-11(8-6-10)15-9-3-4-13(14)17/h5-8,15H,2-4,9H2,1H3,(H2,14,17). The van der Waals surface area contributed by atoms with E-state index < -0.39 is 0 Å². The number of anilines is 1. The summed E-state index contributed by atoms with van der Waals surface area (Å²) in [5.74, 6) is -0.138. The molecule has 1 aromatic carbocycles. The molecule has 0 bridgehead atoms. The molecule has 0 aliphatic carbocycles. The third-order valence-corrected chi connectivity index (χ3v) is 2.46. The fourth-order valence-electron chi connectivity index (χ4n) is 1.47. The molecule has 3 N–H and O–H groups in total. The Bertz CT molecular complexity index is 385. The lowest BCUT2D eigenvalue weighted by atomic mass is 10.1. The molecule has 92 valence electrons. The van der Waals surface area contributed by atoms with Crippen molar-refractivity contribution in [3.63, 3.8) is 0 Å². The van der Waals surface area contributed by atoms with E-state index in [4.69, 9.17) is 5.73 Å².